The van der Waals surface area contributed by atoms with Gasteiger partial charge in [0.25, 0.3) is 0 Å². The first-order valence-corrected chi connectivity index (χ1v) is 7.74. The first-order chi connectivity index (χ1) is 9.40. The lowest BCUT2D eigenvalue weighted by Crippen LogP contribution is -2.21. The number of likely N-dealkylation sites (tertiary alicyclic amines) is 1. The monoisotopic (exact) mass is 260 g/mol. The first-order valence-electron chi connectivity index (χ1n) is 7.74. The highest BCUT2D eigenvalue weighted by molar-refractivity contribution is 5.23. The molecule has 1 saturated carbocycles. The summed E-state index contributed by atoms with van der Waals surface area (Å²) < 4.78 is 6.10. The fourth-order valence-corrected chi connectivity index (χ4v) is 3.16. The van der Waals surface area contributed by atoms with E-state index in [2.05, 4.69) is 16.0 Å². The Labute approximate surface area is 116 Å². The Morgan fingerprint density at radius 3 is 2.68 bits per heavy atom. The fourth-order valence-electron chi connectivity index (χ4n) is 3.16. The van der Waals surface area contributed by atoms with Gasteiger partial charge in [0.05, 0.1) is 11.8 Å². The highest BCUT2D eigenvalue weighted by Crippen LogP contribution is 2.24. The third kappa shape index (κ3) is 3.69. The predicted octanol–water partition coefficient (Wildman–Crippen LogP) is 3.39. The molecule has 0 bridgehead atoms. The third-order valence-electron chi connectivity index (χ3n) is 4.23. The number of hydrogen-bond donors (Lipinski definition) is 0. The van der Waals surface area contributed by atoms with Crippen molar-refractivity contribution in [1.29, 1.82) is 0 Å². The molecule has 1 aliphatic carbocycles. The van der Waals surface area contributed by atoms with Gasteiger partial charge in [-0.3, -0.25) is 9.88 Å². The van der Waals surface area contributed by atoms with Crippen LogP contribution in [0.5, 0.6) is 5.75 Å². The van der Waals surface area contributed by atoms with E-state index >= 15 is 0 Å². The molecular formula is C16H24N2O. The molecule has 19 heavy (non-hydrogen) atoms. The number of hydrogen-bond acceptors (Lipinski definition) is 3. The van der Waals surface area contributed by atoms with Crippen molar-refractivity contribution in [3.63, 3.8) is 0 Å². The number of pyridine rings is 1. The van der Waals surface area contributed by atoms with E-state index in [0.717, 1.165) is 18.0 Å². The maximum Gasteiger partial charge on any atom is 0.123 e. The van der Waals surface area contributed by atoms with Crippen LogP contribution in [0.2, 0.25) is 0 Å². The van der Waals surface area contributed by atoms with Gasteiger partial charge in [-0.1, -0.05) is 6.42 Å². The quantitative estimate of drug-likeness (QED) is 0.829. The van der Waals surface area contributed by atoms with E-state index in [0.29, 0.717) is 6.10 Å². The number of aromatic nitrogens is 1. The van der Waals surface area contributed by atoms with Crippen molar-refractivity contribution in [1.82, 2.24) is 9.88 Å². The van der Waals surface area contributed by atoms with Gasteiger partial charge in [0.1, 0.15) is 5.75 Å². The van der Waals surface area contributed by atoms with Gasteiger partial charge >= 0.3 is 0 Å². The van der Waals surface area contributed by atoms with Crippen LogP contribution in [-0.2, 0) is 6.54 Å². The van der Waals surface area contributed by atoms with Crippen LogP contribution in [0.1, 0.15) is 50.6 Å². The second-order valence-electron chi connectivity index (χ2n) is 5.84. The molecule has 0 unspecified atom stereocenters. The second kappa shape index (κ2) is 6.38. The minimum atomic E-state index is 0.427. The zero-order valence-electron chi connectivity index (χ0n) is 11.7. The van der Waals surface area contributed by atoms with E-state index < -0.39 is 0 Å². The Morgan fingerprint density at radius 2 is 1.89 bits per heavy atom. The van der Waals surface area contributed by atoms with Gasteiger partial charge in [0, 0.05) is 18.8 Å². The van der Waals surface area contributed by atoms with Crippen LogP contribution < -0.4 is 4.74 Å². The van der Waals surface area contributed by atoms with Gasteiger partial charge in [-0.05, 0) is 57.7 Å². The average Bonchev–Trinajstić information content (AvgIpc) is 2.93. The Kier molecular flexibility index (Phi) is 4.34. The highest BCUT2D eigenvalue weighted by atomic mass is 16.5. The summed E-state index contributed by atoms with van der Waals surface area (Å²) >= 11 is 0. The van der Waals surface area contributed by atoms with Crippen LogP contribution in [-0.4, -0.2) is 29.1 Å². The zero-order valence-corrected chi connectivity index (χ0v) is 11.7. The summed E-state index contributed by atoms with van der Waals surface area (Å²) in [7, 11) is 0. The predicted molar refractivity (Wildman–Crippen MR) is 76.2 cm³/mol. The van der Waals surface area contributed by atoms with Crippen molar-refractivity contribution >= 4 is 0 Å². The van der Waals surface area contributed by atoms with Gasteiger partial charge in [-0.15, -0.1) is 0 Å². The van der Waals surface area contributed by atoms with E-state index in [9.17, 15) is 0 Å². The Hall–Kier alpha value is -1.09. The van der Waals surface area contributed by atoms with Gasteiger partial charge in [-0.25, -0.2) is 0 Å². The van der Waals surface area contributed by atoms with Gasteiger partial charge in [-0.2, -0.15) is 0 Å². The minimum Gasteiger partial charge on any atom is -0.490 e. The van der Waals surface area contributed by atoms with E-state index in [-0.39, 0.29) is 0 Å². The van der Waals surface area contributed by atoms with Crippen LogP contribution >= 0.6 is 0 Å². The molecule has 3 nitrogen and oxygen atoms in total. The summed E-state index contributed by atoms with van der Waals surface area (Å²) in [6.45, 7) is 3.41. The fraction of sp³-hybridized carbons (Fsp3) is 0.688. The number of nitrogens with zero attached hydrogens (tertiary/aromatic N) is 2. The average molecular weight is 260 g/mol. The van der Waals surface area contributed by atoms with Crippen LogP contribution in [0.4, 0.5) is 0 Å². The number of ether oxygens (including phenoxy) is 1. The molecule has 3 heteroatoms. The SMILES string of the molecule is c1cc(OC2CCCCC2)cc(CN2CCCC2)n1. The summed E-state index contributed by atoms with van der Waals surface area (Å²) in [5.41, 5.74) is 1.15. The summed E-state index contributed by atoms with van der Waals surface area (Å²) in [6.07, 6.45) is 11.4. The third-order valence-corrected chi connectivity index (χ3v) is 4.23. The topological polar surface area (TPSA) is 25.4 Å². The van der Waals surface area contributed by atoms with E-state index in [1.165, 1.54) is 58.0 Å². The Bertz CT molecular complexity index is 395. The van der Waals surface area contributed by atoms with Crippen molar-refractivity contribution in [2.45, 2.75) is 57.6 Å². The maximum absolute atomic E-state index is 6.10. The van der Waals surface area contributed by atoms with Gasteiger partial charge in [0.2, 0.25) is 0 Å². The summed E-state index contributed by atoms with van der Waals surface area (Å²) in [5, 5.41) is 0. The van der Waals surface area contributed by atoms with Crippen LogP contribution in [0.25, 0.3) is 0 Å². The molecule has 0 spiro atoms. The largest absolute Gasteiger partial charge is 0.490 e. The van der Waals surface area contributed by atoms with Crippen molar-refractivity contribution in [2.24, 2.45) is 0 Å². The second-order valence-corrected chi connectivity index (χ2v) is 5.84. The molecule has 0 N–H and O–H groups in total. The van der Waals surface area contributed by atoms with E-state index in [1.54, 1.807) is 0 Å². The number of rotatable bonds is 4. The summed E-state index contributed by atoms with van der Waals surface area (Å²) in [5.74, 6) is 1.01. The Balaban J connectivity index is 1.58. The molecule has 2 heterocycles. The smallest absolute Gasteiger partial charge is 0.123 e. The first kappa shape index (κ1) is 12.9. The van der Waals surface area contributed by atoms with Gasteiger partial charge < -0.3 is 4.74 Å². The standard InChI is InChI=1S/C16H24N2O/c1-2-6-15(7-3-1)19-16-8-9-17-14(12-16)13-18-10-4-5-11-18/h8-9,12,15H,1-7,10-11,13H2. The molecule has 0 amide bonds. The minimum absolute atomic E-state index is 0.427. The van der Waals surface area contributed by atoms with Crippen LogP contribution in [0, 0.1) is 0 Å². The van der Waals surface area contributed by atoms with Crippen molar-refractivity contribution < 1.29 is 4.74 Å². The lowest BCUT2D eigenvalue weighted by atomic mass is 9.98. The molecule has 0 aromatic carbocycles. The molecule has 0 atom stereocenters. The molecule has 1 aromatic heterocycles. The van der Waals surface area contributed by atoms with E-state index in [4.69, 9.17) is 4.74 Å². The lowest BCUT2D eigenvalue weighted by molar-refractivity contribution is 0.154. The summed E-state index contributed by atoms with van der Waals surface area (Å²) in [6, 6.07) is 4.13. The molecule has 2 fully saturated rings. The molecule has 1 aromatic rings. The molecule has 1 aliphatic heterocycles. The van der Waals surface area contributed by atoms with E-state index in [1.807, 2.05) is 12.3 Å². The highest BCUT2D eigenvalue weighted by Gasteiger charge is 2.16. The molecule has 3 rings (SSSR count). The zero-order chi connectivity index (χ0) is 12.9. The van der Waals surface area contributed by atoms with Crippen LogP contribution in [0.3, 0.4) is 0 Å². The molecule has 0 radical (unpaired) electrons. The van der Waals surface area contributed by atoms with Crippen molar-refractivity contribution in [3.8, 4) is 5.75 Å². The van der Waals surface area contributed by atoms with Crippen molar-refractivity contribution in [3.05, 3.63) is 24.0 Å². The normalized spacial score (nSPS) is 21.7. The molecular weight excluding hydrogens is 236 g/mol. The summed E-state index contributed by atoms with van der Waals surface area (Å²) in [4.78, 5) is 6.95. The Morgan fingerprint density at radius 1 is 1.11 bits per heavy atom. The molecule has 2 aliphatic rings. The van der Waals surface area contributed by atoms with Crippen molar-refractivity contribution in [2.75, 3.05) is 13.1 Å². The van der Waals surface area contributed by atoms with Crippen LogP contribution in [0.15, 0.2) is 18.3 Å². The molecule has 1 saturated heterocycles. The maximum atomic E-state index is 6.10. The molecule has 104 valence electrons. The van der Waals surface area contributed by atoms with Gasteiger partial charge in [0.15, 0.2) is 0 Å². The lowest BCUT2D eigenvalue weighted by Gasteiger charge is -2.23.